The van der Waals surface area contributed by atoms with Crippen molar-refractivity contribution >= 4 is 0 Å². The lowest BCUT2D eigenvalue weighted by Gasteiger charge is -2.00. The maximum absolute atomic E-state index is 8.81. The summed E-state index contributed by atoms with van der Waals surface area (Å²) in [6.07, 6.45) is 3.26. The van der Waals surface area contributed by atoms with Crippen molar-refractivity contribution in [2.45, 2.75) is 19.8 Å². The third-order valence-electron chi connectivity index (χ3n) is 2.56. The van der Waals surface area contributed by atoms with Gasteiger partial charge < -0.3 is 9.63 Å². The Morgan fingerprint density at radius 1 is 1.25 bits per heavy atom. The predicted molar refractivity (Wildman–Crippen MR) is 62.1 cm³/mol. The first-order chi connectivity index (χ1) is 7.81. The number of aliphatic hydroxyl groups excluding tert-OH is 1. The second-order valence-electron chi connectivity index (χ2n) is 3.87. The normalized spacial score (nSPS) is 10.6. The van der Waals surface area contributed by atoms with E-state index in [2.05, 4.69) is 12.1 Å². The van der Waals surface area contributed by atoms with Crippen molar-refractivity contribution in [3.63, 3.8) is 0 Å². The molecule has 0 aliphatic carbocycles. The van der Waals surface area contributed by atoms with Crippen molar-refractivity contribution in [3.8, 4) is 11.3 Å². The molecule has 0 saturated carbocycles. The number of hydrogen-bond donors (Lipinski definition) is 1. The number of benzene rings is 1. The molecule has 2 aromatic rings. The van der Waals surface area contributed by atoms with Gasteiger partial charge in [-0.3, -0.25) is 0 Å². The number of aliphatic hydroxyl groups is 1. The van der Waals surface area contributed by atoms with Crippen LogP contribution in [0.5, 0.6) is 0 Å². The fourth-order valence-electron chi connectivity index (χ4n) is 1.65. The van der Waals surface area contributed by atoms with Crippen molar-refractivity contribution < 1.29 is 9.63 Å². The van der Waals surface area contributed by atoms with E-state index in [0.29, 0.717) is 0 Å². The summed E-state index contributed by atoms with van der Waals surface area (Å²) in [4.78, 5) is 0. The van der Waals surface area contributed by atoms with Crippen LogP contribution in [0.4, 0.5) is 0 Å². The number of nitrogens with zero attached hydrogens (tertiary/aromatic N) is 1. The minimum absolute atomic E-state index is 0.193. The van der Waals surface area contributed by atoms with E-state index in [9.17, 15) is 0 Å². The van der Waals surface area contributed by atoms with E-state index >= 15 is 0 Å². The fourth-order valence-corrected chi connectivity index (χ4v) is 1.65. The zero-order valence-corrected chi connectivity index (χ0v) is 9.31. The Kier molecular flexibility index (Phi) is 3.37. The van der Waals surface area contributed by atoms with Crippen molar-refractivity contribution in [3.05, 3.63) is 41.6 Å². The van der Waals surface area contributed by atoms with Crippen molar-refractivity contribution in [1.29, 1.82) is 0 Å². The molecule has 0 aliphatic rings. The standard InChI is InChI=1S/C13H15NO2/c1-10-4-6-11(7-5-10)13-12(3-2-8-15)9-14-16-13/h4-7,9,15H,2-3,8H2,1H3. The molecule has 16 heavy (non-hydrogen) atoms. The van der Waals surface area contributed by atoms with Crippen LogP contribution in [0.3, 0.4) is 0 Å². The Labute approximate surface area is 94.7 Å². The number of aryl methyl sites for hydroxylation is 2. The number of hydrogen-bond acceptors (Lipinski definition) is 3. The molecule has 0 aliphatic heterocycles. The van der Waals surface area contributed by atoms with Crippen molar-refractivity contribution in [1.82, 2.24) is 5.16 Å². The summed E-state index contributed by atoms with van der Waals surface area (Å²) in [6.45, 7) is 2.25. The Bertz CT molecular complexity index is 445. The average molecular weight is 217 g/mol. The molecule has 0 saturated heterocycles. The molecule has 0 unspecified atom stereocenters. The average Bonchev–Trinajstić information content (AvgIpc) is 2.75. The largest absolute Gasteiger partial charge is 0.396 e. The molecule has 0 spiro atoms. The van der Waals surface area contributed by atoms with Gasteiger partial charge in [-0.1, -0.05) is 35.0 Å². The summed E-state index contributed by atoms with van der Waals surface area (Å²) in [6, 6.07) is 8.15. The first kappa shape index (κ1) is 10.9. The van der Waals surface area contributed by atoms with Crippen LogP contribution in [-0.4, -0.2) is 16.9 Å². The SMILES string of the molecule is Cc1ccc(-c2oncc2CCCO)cc1. The summed E-state index contributed by atoms with van der Waals surface area (Å²) in [5.74, 6) is 0.813. The first-order valence-corrected chi connectivity index (χ1v) is 5.42. The van der Waals surface area contributed by atoms with Gasteiger partial charge in [0.25, 0.3) is 0 Å². The Morgan fingerprint density at radius 3 is 2.69 bits per heavy atom. The molecule has 2 rings (SSSR count). The molecule has 1 heterocycles. The minimum Gasteiger partial charge on any atom is -0.396 e. The molecule has 0 amide bonds. The van der Waals surface area contributed by atoms with Crippen LogP contribution in [0.15, 0.2) is 35.0 Å². The summed E-state index contributed by atoms with van der Waals surface area (Å²) in [7, 11) is 0. The highest BCUT2D eigenvalue weighted by atomic mass is 16.5. The summed E-state index contributed by atoms with van der Waals surface area (Å²) < 4.78 is 5.26. The van der Waals surface area contributed by atoms with Gasteiger partial charge in [0.05, 0.1) is 6.20 Å². The molecule has 0 bridgehead atoms. The summed E-state index contributed by atoms with van der Waals surface area (Å²) >= 11 is 0. The predicted octanol–water partition coefficient (Wildman–Crippen LogP) is 2.57. The zero-order chi connectivity index (χ0) is 11.4. The van der Waals surface area contributed by atoms with Crippen LogP contribution in [-0.2, 0) is 6.42 Å². The van der Waals surface area contributed by atoms with Crippen LogP contribution in [0, 0.1) is 6.92 Å². The molecule has 3 heteroatoms. The summed E-state index contributed by atoms with van der Waals surface area (Å²) in [5, 5.41) is 12.6. The monoisotopic (exact) mass is 217 g/mol. The maximum atomic E-state index is 8.81. The highest BCUT2D eigenvalue weighted by Crippen LogP contribution is 2.24. The molecular formula is C13H15NO2. The maximum Gasteiger partial charge on any atom is 0.170 e. The van der Waals surface area contributed by atoms with Gasteiger partial charge in [-0.05, 0) is 19.8 Å². The minimum atomic E-state index is 0.193. The lowest BCUT2D eigenvalue weighted by atomic mass is 10.0. The molecule has 1 aromatic carbocycles. The van der Waals surface area contributed by atoms with E-state index in [1.165, 1.54) is 5.56 Å². The molecule has 3 nitrogen and oxygen atoms in total. The smallest absolute Gasteiger partial charge is 0.170 e. The second kappa shape index (κ2) is 4.94. The molecule has 1 aromatic heterocycles. The van der Waals surface area contributed by atoms with Gasteiger partial charge in [-0.15, -0.1) is 0 Å². The van der Waals surface area contributed by atoms with Crippen molar-refractivity contribution in [2.24, 2.45) is 0 Å². The first-order valence-electron chi connectivity index (χ1n) is 5.42. The van der Waals surface area contributed by atoms with E-state index in [4.69, 9.17) is 9.63 Å². The zero-order valence-electron chi connectivity index (χ0n) is 9.31. The highest BCUT2D eigenvalue weighted by molar-refractivity contribution is 5.60. The highest BCUT2D eigenvalue weighted by Gasteiger charge is 2.09. The van der Waals surface area contributed by atoms with Crippen molar-refractivity contribution in [2.75, 3.05) is 6.61 Å². The van der Waals surface area contributed by atoms with E-state index in [1.807, 2.05) is 24.3 Å². The van der Waals surface area contributed by atoms with E-state index in [-0.39, 0.29) is 6.61 Å². The van der Waals surface area contributed by atoms with Crippen LogP contribution in [0.25, 0.3) is 11.3 Å². The van der Waals surface area contributed by atoms with Gasteiger partial charge in [0.2, 0.25) is 0 Å². The second-order valence-corrected chi connectivity index (χ2v) is 3.87. The third-order valence-corrected chi connectivity index (χ3v) is 2.56. The number of rotatable bonds is 4. The van der Waals surface area contributed by atoms with Crippen LogP contribution >= 0.6 is 0 Å². The van der Waals surface area contributed by atoms with E-state index in [1.54, 1.807) is 6.20 Å². The quantitative estimate of drug-likeness (QED) is 0.856. The van der Waals surface area contributed by atoms with Crippen LogP contribution < -0.4 is 0 Å². The topological polar surface area (TPSA) is 46.3 Å². The Balaban J connectivity index is 2.26. The fraction of sp³-hybridized carbons (Fsp3) is 0.308. The third kappa shape index (κ3) is 2.31. The molecule has 0 radical (unpaired) electrons. The lowest BCUT2D eigenvalue weighted by Crippen LogP contribution is -1.89. The molecular weight excluding hydrogens is 202 g/mol. The molecule has 1 N–H and O–H groups in total. The van der Waals surface area contributed by atoms with Gasteiger partial charge in [0, 0.05) is 17.7 Å². The van der Waals surface area contributed by atoms with Crippen LogP contribution in [0.1, 0.15) is 17.5 Å². The molecule has 0 atom stereocenters. The lowest BCUT2D eigenvalue weighted by molar-refractivity contribution is 0.288. The van der Waals surface area contributed by atoms with Gasteiger partial charge in [-0.2, -0.15) is 0 Å². The van der Waals surface area contributed by atoms with Gasteiger partial charge in [0.15, 0.2) is 5.76 Å². The van der Waals surface area contributed by atoms with Gasteiger partial charge in [0.1, 0.15) is 0 Å². The Hall–Kier alpha value is -1.61. The van der Waals surface area contributed by atoms with Gasteiger partial charge in [-0.25, -0.2) is 0 Å². The van der Waals surface area contributed by atoms with E-state index in [0.717, 1.165) is 29.7 Å². The van der Waals surface area contributed by atoms with Crippen LogP contribution in [0.2, 0.25) is 0 Å². The Morgan fingerprint density at radius 2 is 2.00 bits per heavy atom. The molecule has 0 fully saturated rings. The van der Waals surface area contributed by atoms with Gasteiger partial charge >= 0.3 is 0 Å². The number of aromatic nitrogens is 1. The summed E-state index contributed by atoms with van der Waals surface area (Å²) in [5.41, 5.74) is 3.31. The van der Waals surface area contributed by atoms with E-state index < -0.39 is 0 Å². The molecule has 84 valence electrons.